The van der Waals surface area contributed by atoms with E-state index in [4.69, 9.17) is 10.7 Å². The lowest BCUT2D eigenvalue weighted by molar-refractivity contribution is 0.100. The summed E-state index contributed by atoms with van der Waals surface area (Å²) in [5, 5.41) is 0. The number of amides is 1. The van der Waals surface area contributed by atoms with Crippen LogP contribution in [0.4, 0.5) is 0 Å². The van der Waals surface area contributed by atoms with Crippen molar-refractivity contribution in [1.82, 2.24) is 15.0 Å². The first-order chi connectivity index (χ1) is 14.2. The van der Waals surface area contributed by atoms with Crippen molar-refractivity contribution in [2.24, 2.45) is 5.73 Å². The van der Waals surface area contributed by atoms with Gasteiger partial charge in [0.2, 0.25) is 5.91 Å². The number of nitrogens with zero attached hydrogens (tertiary/aromatic N) is 2. The van der Waals surface area contributed by atoms with Crippen LogP contribution in [0.2, 0.25) is 0 Å². The minimum Gasteiger partial charge on any atom is -0.366 e. The fourth-order valence-corrected chi connectivity index (χ4v) is 3.93. The van der Waals surface area contributed by atoms with Crippen molar-refractivity contribution in [2.75, 3.05) is 0 Å². The summed E-state index contributed by atoms with van der Waals surface area (Å²) in [7, 11) is 0. The molecule has 0 saturated heterocycles. The zero-order valence-electron chi connectivity index (χ0n) is 15.9. The summed E-state index contributed by atoms with van der Waals surface area (Å²) in [6.07, 6.45) is 5.27. The molecule has 2 heterocycles. The molecule has 3 N–H and O–H groups in total. The average molecular weight is 380 g/mol. The van der Waals surface area contributed by atoms with Crippen molar-refractivity contribution < 1.29 is 4.79 Å². The van der Waals surface area contributed by atoms with Gasteiger partial charge in [-0.25, -0.2) is 4.98 Å². The van der Waals surface area contributed by atoms with Gasteiger partial charge >= 0.3 is 0 Å². The lowest BCUT2D eigenvalue weighted by Gasteiger charge is -2.05. The van der Waals surface area contributed by atoms with E-state index < -0.39 is 5.91 Å². The SMILES string of the molecule is NC(=O)c1ccc(-c2nc(-c3ccc4c(c3)CCC4)c(-c3ccccn3)[nH]2)cc1. The maximum absolute atomic E-state index is 11.4. The number of hydrogen-bond acceptors (Lipinski definition) is 3. The molecule has 5 heteroatoms. The van der Waals surface area contributed by atoms with Gasteiger partial charge in [-0.1, -0.05) is 30.3 Å². The summed E-state index contributed by atoms with van der Waals surface area (Å²) < 4.78 is 0. The number of hydrogen-bond donors (Lipinski definition) is 2. The smallest absolute Gasteiger partial charge is 0.248 e. The lowest BCUT2D eigenvalue weighted by Crippen LogP contribution is -2.10. The number of nitrogens with two attached hydrogens (primary N) is 1. The second-order valence-electron chi connectivity index (χ2n) is 7.30. The zero-order valence-corrected chi connectivity index (χ0v) is 15.9. The summed E-state index contributed by atoms with van der Waals surface area (Å²) >= 11 is 0. The van der Waals surface area contributed by atoms with E-state index in [1.807, 2.05) is 30.3 Å². The van der Waals surface area contributed by atoms with E-state index in [9.17, 15) is 4.79 Å². The Bertz CT molecular complexity index is 1190. The number of primary amides is 1. The van der Waals surface area contributed by atoms with E-state index >= 15 is 0 Å². The number of pyridine rings is 1. The molecule has 1 amide bonds. The van der Waals surface area contributed by atoms with Crippen molar-refractivity contribution in [3.05, 3.63) is 83.6 Å². The first-order valence-corrected chi connectivity index (χ1v) is 9.73. The normalized spacial score (nSPS) is 12.7. The van der Waals surface area contributed by atoms with Crippen LogP contribution in [-0.2, 0) is 12.8 Å². The van der Waals surface area contributed by atoms with Gasteiger partial charge in [-0.05, 0) is 60.7 Å². The highest BCUT2D eigenvalue weighted by atomic mass is 16.1. The molecule has 0 fully saturated rings. The Hall–Kier alpha value is -3.73. The molecule has 0 saturated carbocycles. The molecule has 1 aliphatic rings. The molecule has 4 aromatic rings. The quantitative estimate of drug-likeness (QED) is 0.550. The summed E-state index contributed by atoms with van der Waals surface area (Å²) in [6.45, 7) is 0. The topological polar surface area (TPSA) is 84.7 Å². The van der Waals surface area contributed by atoms with Gasteiger partial charge in [0, 0.05) is 22.9 Å². The van der Waals surface area contributed by atoms with Crippen molar-refractivity contribution in [2.45, 2.75) is 19.3 Å². The van der Waals surface area contributed by atoms with Crippen LogP contribution < -0.4 is 5.73 Å². The van der Waals surface area contributed by atoms with Gasteiger partial charge in [0.25, 0.3) is 0 Å². The minimum absolute atomic E-state index is 0.441. The third-order valence-electron chi connectivity index (χ3n) is 5.44. The van der Waals surface area contributed by atoms with Crippen LogP contribution in [0.25, 0.3) is 34.0 Å². The number of carbonyl (C=O) groups is 1. The predicted molar refractivity (Wildman–Crippen MR) is 113 cm³/mol. The Balaban J connectivity index is 1.64. The number of carbonyl (C=O) groups excluding carboxylic acids is 1. The van der Waals surface area contributed by atoms with Crippen LogP contribution in [0.15, 0.2) is 66.9 Å². The maximum atomic E-state index is 11.4. The molecular formula is C24H20N4O. The highest BCUT2D eigenvalue weighted by Gasteiger charge is 2.18. The largest absolute Gasteiger partial charge is 0.366 e. The van der Waals surface area contributed by atoms with E-state index in [2.05, 4.69) is 28.2 Å². The van der Waals surface area contributed by atoms with E-state index in [1.54, 1.807) is 18.3 Å². The lowest BCUT2D eigenvalue weighted by atomic mass is 10.0. The van der Waals surface area contributed by atoms with Gasteiger partial charge in [-0.15, -0.1) is 0 Å². The third-order valence-corrected chi connectivity index (χ3v) is 5.44. The number of rotatable bonds is 4. The van der Waals surface area contributed by atoms with Crippen LogP contribution in [0.5, 0.6) is 0 Å². The molecule has 2 aromatic heterocycles. The zero-order chi connectivity index (χ0) is 19.8. The average Bonchev–Trinajstić information content (AvgIpc) is 3.41. The monoisotopic (exact) mass is 380 g/mol. The molecule has 5 rings (SSSR count). The molecule has 1 aliphatic carbocycles. The van der Waals surface area contributed by atoms with Crippen LogP contribution in [0.3, 0.4) is 0 Å². The number of aryl methyl sites for hydroxylation is 2. The molecule has 5 nitrogen and oxygen atoms in total. The summed E-state index contributed by atoms with van der Waals surface area (Å²) in [6, 6.07) is 19.6. The van der Waals surface area contributed by atoms with E-state index in [-0.39, 0.29) is 0 Å². The standard InChI is InChI=1S/C24H20N4O/c25-23(29)16-8-10-17(11-9-16)24-27-21(22(28-24)20-6-1-2-13-26-20)19-12-7-15-4-3-5-18(15)14-19/h1-2,6-14H,3-5H2,(H2,25,29)(H,27,28). The van der Waals surface area contributed by atoms with Gasteiger partial charge < -0.3 is 10.7 Å². The second-order valence-corrected chi connectivity index (χ2v) is 7.30. The Labute approximate surface area is 168 Å². The van der Waals surface area contributed by atoms with E-state index in [0.717, 1.165) is 46.9 Å². The Morgan fingerprint density at radius 2 is 1.72 bits per heavy atom. The highest BCUT2D eigenvalue weighted by Crippen LogP contribution is 2.34. The molecular weight excluding hydrogens is 360 g/mol. The fourth-order valence-electron chi connectivity index (χ4n) is 3.93. The molecule has 0 radical (unpaired) electrons. The van der Waals surface area contributed by atoms with Gasteiger partial charge in [0.1, 0.15) is 5.82 Å². The predicted octanol–water partition coefficient (Wildman–Crippen LogP) is 4.39. The van der Waals surface area contributed by atoms with Crippen LogP contribution in [-0.4, -0.2) is 20.9 Å². The molecule has 0 bridgehead atoms. The number of nitrogens with one attached hydrogen (secondary N) is 1. The van der Waals surface area contributed by atoms with Crippen LogP contribution in [0, 0.1) is 0 Å². The van der Waals surface area contributed by atoms with Gasteiger partial charge in [0.05, 0.1) is 17.1 Å². The molecule has 0 unspecified atom stereocenters. The number of H-pyrrole nitrogens is 1. The molecule has 2 aromatic carbocycles. The van der Waals surface area contributed by atoms with Crippen molar-refractivity contribution in [3.63, 3.8) is 0 Å². The Kier molecular flexibility index (Phi) is 4.21. The van der Waals surface area contributed by atoms with E-state index in [1.165, 1.54) is 17.5 Å². The summed E-state index contributed by atoms with van der Waals surface area (Å²) in [5.74, 6) is 0.293. The first-order valence-electron chi connectivity index (χ1n) is 9.73. The van der Waals surface area contributed by atoms with E-state index in [0.29, 0.717) is 5.56 Å². The van der Waals surface area contributed by atoms with Gasteiger partial charge in [-0.2, -0.15) is 0 Å². The summed E-state index contributed by atoms with van der Waals surface area (Å²) in [4.78, 5) is 24.2. The van der Waals surface area contributed by atoms with Crippen LogP contribution in [0.1, 0.15) is 27.9 Å². The fraction of sp³-hybridized carbons (Fsp3) is 0.125. The summed E-state index contributed by atoms with van der Waals surface area (Å²) in [5.41, 5.74) is 13.3. The third kappa shape index (κ3) is 3.21. The number of aromatic amines is 1. The molecule has 142 valence electrons. The number of imidazole rings is 1. The van der Waals surface area contributed by atoms with Crippen LogP contribution >= 0.6 is 0 Å². The maximum Gasteiger partial charge on any atom is 0.248 e. The molecule has 29 heavy (non-hydrogen) atoms. The van der Waals surface area contributed by atoms with Crippen molar-refractivity contribution in [3.8, 4) is 34.0 Å². The molecule has 0 spiro atoms. The van der Waals surface area contributed by atoms with Gasteiger partial charge in [-0.3, -0.25) is 9.78 Å². The van der Waals surface area contributed by atoms with Crippen molar-refractivity contribution in [1.29, 1.82) is 0 Å². The minimum atomic E-state index is -0.441. The Morgan fingerprint density at radius 3 is 2.48 bits per heavy atom. The van der Waals surface area contributed by atoms with Crippen molar-refractivity contribution >= 4 is 5.91 Å². The second kappa shape index (κ2) is 7.02. The number of aromatic nitrogens is 3. The Morgan fingerprint density at radius 1 is 0.931 bits per heavy atom. The first kappa shape index (κ1) is 17.4. The molecule has 0 atom stereocenters. The molecule has 0 aliphatic heterocycles. The number of fused-ring (bicyclic) bond motifs is 1. The van der Waals surface area contributed by atoms with Gasteiger partial charge in [0.15, 0.2) is 0 Å². The number of benzene rings is 2. The highest BCUT2D eigenvalue weighted by molar-refractivity contribution is 5.93.